The summed E-state index contributed by atoms with van der Waals surface area (Å²) in [6, 6.07) is 0. The van der Waals surface area contributed by atoms with E-state index in [2.05, 4.69) is 0 Å². The first kappa shape index (κ1) is 9.92. The van der Waals surface area contributed by atoms with Crippen LogP contribution in [0.3, 0.4) is 0 Å². The van der Waals surface area contributed by atoms with E-state index in [0.29, 0.717) is 13.0 Å². The summed E-state index contributed by atoms with van der Waals surface area (Å²) in [7, 11) is 1.56. The van der Waals surface area contributed by atoms with Gasteiger partial charge in [0, 0.05) is 19.6 Å². The summed E-state index contributed by atoms with van der Waals surface area (Å²) in [6.45, 7) is 0.494. The SMILES string of the molecule is COC1OCC(O)[C@H]1CCCO. The molecule has 4 nitrogen and oxygen atoms in total. The van der Waals surface area contributed by atoms with Crippen molar-refractivity contribution in [1.29, 1.82) is 0 Å². The van der Waals surface area contributed by atoms with Crippen molar-refractivity contribution in [2.45, 2.75) is 25.2 Å². The summed E-state index contributed by atoms with van der Waals surface area (Å²) in [6.07, 6.45) is 0.689. The van der Waals surface area contributed by atoms with Gasteiger partial charge in [0.2, 0.25) is 0 Å². The number of rotatable bonds is 4. The zero-order valence-electron chi connectivity index (χ0n) is 7.27. The van der Waals surface area contributed by atoms with Crippen molar-refractivity contribution in [2.24, 2.45) is 5.92 Å². The van der Waals surface area contributed by atoms with Crippen LogP contribution in [0.5, 0.6) is 0 Å². The Morgan fingerprint density at radius 2 is 2.33 bits per heavy atom. The van der Waals surface area contributed by atoms with Crippen molar-refractivity contribution in [1.82, 2.24) is 0 Å². The molecule has 1 saturated heterocycles. The average Bonchev–Trinajstić information content (AvgIpc) is 2.43. The number of hydrogen-bond donors (Lipinski definition) is 2. The van der Waals surface area contributed by atoms with Gasteiger partial charge >= 0.3 is 0 Å². The summed E-state index contributed by atoms with van der Waals surface area (Å²) < 4.78 is 10.2. The predicted molar refractivity (Wildman–Crippen MR) is 42.6 cm³/mol. The lowest BCUT2D eigenvalue weighted by molar-refractivity contribution is -0.112. The van der Waals surface area contributed by atoms with Gasteiger partial charge in [-0.25, -0.2) is 0 Å². The number of aliphatic hydroxyl groups is 2. The molecule has 4 heteroatoms. The molecule has 12 heavy (non-hydrogen) atoms. The smallest absolute Gasteiger partial charge is 0.162 e. The van der Waals surface area contributed by atoms with Gasteiger partial charge in [-0.1, -0.05) is 0 Å². The van der Waals surface area contributed by atoms with Crippen molar-refractivity contribution >= 4 is 0 Å². The summed E-state index contributed by atoms with van der Waals surface area (Å²) in [5, 5.41) is 18.0. The van der Waals surface area contributed by atoms with Crippen molar-refractivity contribution in [2.75, 3.05) is 20.3 Å². The third kappa shape index (κ3) is 2.17. The quantitative estimate of drug-likeness (QED) is 0.619. The molecule has 0 aromatic carbocycles. The third-order valence-corrected chi connectivity index (χ3v) is 2.20. The Labute approximate surface area is 72.1 Å². The van der Waals surface area contributed by atoms with Crippen LogP contribution < -0.4 is 0 Å². The Balaban J connectivity index is 2.35. The maximum absolute atomic E-state index is 9.43. The largest absolute Gasteiger partial charge is 0.396 e. The van der Waals surface area contributed by atoms with E-state index in [1.807, 2.05) is 0 Å². The van der Waals surface area contributed by atoms with Crippen LogP contribution in [0.4, 0.5) is 0 Å². The van der Waals surface area contributed by atoms with Crippen LogP contribution in [0.25, 0.3) is 0 Å². The summed E-state index contributed by atoms with van der Waals surface area (Å²) >= 11 is 0. The van der Waals surface area contributed by atoms with Crippen LogP contribution in [0.1, 0.15) is 12.8 Å². The predicted octanol–water partition coefficient (Wildman–Crippen LogP) is -0.261. The van der Waals surface area contributed by atoms with E-state index in [1.165, 1.54) is 0 Å². The highest BCUT2D eigenvalue weighted by Crippen LogP contribution is 2.25. The first-order chi connectivity index (χ1) is 5.79. The van der Waals surface area contributed by atoms with Crippen LogP contribution in [-0.2, 0) is 9.47 Å². The van der Waals surface area contributed by atoms with Gasteiger partial charge in [-0.15, -0.1) is 0 Å². The highest BCUT2D eigenvalue weighted by atomic mass is 16.7. The first-order valence-electron chi connectivity index (χ1n) is 4.23. The molecule has 1 fully saturated rings. The molecule has 1 rings (SSSR count). The van der Waals surface area contributed by atoms with Crippen LogP contribution in [-0.4, -0.2) is 42.9 Å². The third-order valence-electron chi connectivity index (χ3n) is 2.20. The van der Waals surface area contributed by atoms with Gasteiger partial charge in [0.15, 0.2) is 6.29 Å². The molecule has 0 radical (unpaired) electrons. The second kappa shape index (κ2) is 4.77. The van der Waals surface area contributed by atoms with Crippen LogP contribution in [0.15, 0.2) is 0 Å². The van der Waals surface area contributed by atoms with Crippen molar-refractivity contribution in [3.63, 3.8) is 0 Å². The minimum Gasteiger partial charge on any atom is -0.396 e. The molecule has 72 valence electrons. The zero-order chi connectivity index (χ0) is 8.97. The molecule has 0 aliphatic carbocycles. The maximum atomic E-state index is 9.43. The molecule has 0 amide bonds. The summed E-state index contributed by atoms with van der Waals surface area (Å²) in [4.78, 5) is 0. The molecule has 3 atom stereocenters. The van der Waals surface area contributed by atoms with Crippen molar-refractivity contribution < 1.29 is 19.7 Å². The molecule has 1 heterocycles. The van der Waals surface area contributed by atoms with Gasteiger partial charge in [0.05, 0.1) is 12.7 Å². The standard InChI is InChI=1S/C8H16O4/c1-11-8-6(3-2-4-9)7(10)5-12-8/h6-10H,2-5H2,1H3/t6-,7?,8?/m1/s1. The van der Waals surface area contributed by atoms with Crippen LogP contribution >= 0.6 is 0 Å². The first-order valence-corrected chi connectivity index (χ1v) is 4.23. The number of methoxy groups -OCH3 is 1. The minimum absolute atomic E-state index is 0.0159. The molecule has 0 spiro atoms. The molecule has 2 unspecified atom stereocenters. The number of ether oxygens (including phenoxy) is 2. The molecule has 0 aromatic heterocycles. The summed E-state index contributed by atoms with van der Waals surface area (Å²) in [5.41, 5.74) is 0. The van der Waals surface area contributed by atoms with E-state index in [9.17, 15) is 5.11 Å². The Morgan fingerprint density at radius 1 is 1.58 bits per heavy atom. The van der Waals surface area contributed by atoms with E-state index in [1.54, 1.807) is 7.11 Å². The molecule has 1 aliphatic rings. The Kier molecular flexibility index (Phi) is 3.94. The maximum Gasteiger partial charge on any atom is 0.162 e. The van der Waals surface area contributed by atoms with E-state index in [4.69, 9.17) is 14.6 Å². The minimum atomic E-state index is -0.443. The Hall–Kier alpha value is -0.160. The van der Waals surface area contributed by atoms with E-state index < -0.39 is 6.10 Å². The zero-order valence-corrected chi connectivity index (χ0v) is 7.27. The molecule has 0 aromatic rings. The molecular weight excluding hydrogens is 160 g/mol. The highest BCUT2D eigenvalue weighted by molar-refractivity contribution is 4.77. The van der Waals surface area contributed by atoms with Gasteiger partial charge < -0.3 is 19.7 Å². The second-order valence-corrected chi connectivity index (χ2v) is 3.03. The Morgan fingerprint density at radius 3 is 2.92 bits per heavy atom. The summed E-state index contributed by atoms with van der Waals surface area (Å²) in [5.74, 6) is 0.0159. The fourth-order valence-corrected chi connectivity index (χ4v) is 1.52. The van der Waals surface area contributed by atoms with Crippen molar-refractivity contribution in [3.05, 3.63) is 0 Å². The average molecular weight is 176 g/mol. The lowest BCUT2D eigenvalue weighted by atomic mass is 9.99. The van der Waals surface area contributed by atoms with Gasteiger partial charge in [-0.3, -0.25) is 0 Å². The highest BCUT2D eigenvalue weighted by Gasteiger charge is 2.35. The molecule has 1 aliphatic heterocycles. The molecule has 2 N–H and O–H groups in total. The Bertz CT molecular complexity index is 128. The number of hydrogen-bond acceptors (Lipinski definition) is 4. The van der Waals surface area contributed by atoms with Gasteiger partial charge in [-0.2, -0.15) is 0 Å². The van der Waals surface area contributed by atoms with Gasteiger partial charge in [-0.05, 0) is 12.8 Å². The molecule has 0 bridgehead atoms. The van der Waals surface area contributed by atoms with Crippen LogP contribution in [0, 0.1) is 5.92 Å². The van der Waals surface area contributed by atoms with Crippen LogP contribution in [0.2, 0.25) is 0 Å². The lowest BCUT2D eigenvalue weighted by Crippen LogP contribution is -2.25. The van der Waals surface area contributed by atoms with E-state index in [0.717, 1.165) is 6.42 Å². The normalized spacial score (nSPS) is 35.8. The monoisotopic (exact) mass is 176 g/mol. The van der Waals surface area contributed by atoms with E-state index in [-0.39, 0.29) is 18.8 Å². The van der Waals surface area contributed by atoms with Crippen molar-refractivity contribution in [3.8, 4) is 0 Å². The fraction of sp³-hybridized carbons (Fsp3) is 1.00. The number of aliphatic hydroxyl groups excluding tert-OH is 2. The van der Waals surface area contributed by atoms with Gasteiger partial charge in [0.25, 0.3) is 0 Å². The fourth-order valence-electron chi connectivity index (χ4n) is 1.52. The topological polar surface area (TPSA) is 58.9 Å². The lowest BCUT2D eigenvalue weighted by Gasteiger charge is -2.17. The van der Waals surface area contributed by atoms with E-state index >= 15 is 0 Å². The molecular formula is C8H16O4. The second-order valence-electron chi connectivity index (χ2n) is 3.03. The van der Waals surface area contributed by atoms with Gasteiger partial charge in [0.1, 0.15) is 0 Å². The molecule has 0 saturated carbocycles.